The van der Waals surface area contributed by atoms with Gasteiger partial charge in [0.1, 0.15) is 4.90 Å². The Labute approximate surface area is 151 Å². The molecule has 0 bridgehead atoms. The van der Waals surface area contributed by atoms with E-state index in [0.717, 1.165) is 16.5 Å². The second-order valence-electron chi connectivity index (χ2n) is 6.80. The normalized spacial score (nSPS) is 21.5. The van der Waals surface area contributed by atoms with Crippen LogP contribution >= 0.6 is 0 Å². The van der Waals surface area contributed by atoms with Gasteiger partial charge in [-0.1, -0.05) is 18.2 Å². The molecule has 0 saturated heterocycles. The van der Waals surface area contributed by atoms with Gasteiger partial charge in [-0.3, -0.25) is 9.67 Å². The molecule has 0 unspecified atom stereocenters. The Bertz CT molecular complexity index is 1040. The van der Waals surface area contributed by atoms with Crippen molar-refractivity contribution in [3.63, 3.8) is 0 Å². The van der Waals surface area contributed by atoms with Crippen molar-refractivity contribution in [2.24, 2.45) is 13.0 Å². The predicted molar refractivity (Wildman–Crippen MR) is 96.7 cm³/mol. The predicted octanol–water partition coefficient (Wildman–Crippen LogP) is 1.76. The number of aryl methyl sites for hydroxylation is 1. The minimum atomic E-state index is -3.72. The maximum Gasteiger partial charge on any atom is 0.244 e. The first-order valence-corrected chi connectivity index (χ1v) is 9.94. The van der Waals surface area contributed by atoms with Gasteiger partial charge in [-0.25, -0.2) is 13.1 Å². The molecule has 4 rings (SSSR count). The van der Waals surface area contributed by atoms with Crippen molar-refractivity contribution in [1.82, 2.24) is 19.5 Å². The van der Waals surface area contributed by atoms with Crippen LogP contribution in [0.25, 0.3) is 10.9 Å². The van der Waals surface area contributed by atoms with Gasteiger partial charge < -0.3 is 5.11 Å². The van der Waals surface area contributed by atoms with Gasteiger partial charge in [0, 0.05) is 24.8 Å². The highest BCUT2D eigenvalue weighted by Gasteiger charge is 2.37. The largest absolute Gasteiger partial charge is 0.393 e. The molecule has 7 nitrogen and oxygen atoms in total. The fourth-order valence-corrected chi connectivity index (χ4v) is 4.65. The van der Waals surface area contributed by atoms with Crippen LogP contribution in [0.15, 0.2) is 53.8 Å². The summed E-state index contributed by atoms with van der Waals surface area (Å²) in [6.07, 6.45) is 5.25. The lowest BCUT2D eigenvalue weighted by Crippen LogP contribution is -2.41. The first-order valence-electron chi connectivity index (χ1n) is 8.46. The molecule has 1 aliphatic rings. The molecule has 2 N–H and O–H groups in total. The van der Waals surface area contributed by atoms with E-state index in [1.54, 1.807) is 13.2 Å². The van der Waals surface area contributed by atoms with Crippen molar-refractivity contribution >= 4 is 20.9 Å². The topological polar surface area (TPSA) is 97.1 Å². The SMILES string of the molecule is Cn1cc(S(=O)(=O)N[C@H](c2cnc3ccccc3c2)C2CC(O)C2)cn1. The number of pyridine rings is 1. The molecule has 1 fully saturated rings. The zero-order valence-corrected chi connectivity index (χ0v) is 15.1. The third-order valence-corrected chi connectivity index (χ3v) is 6.26. The Morgan fingerprint density at radius 3 is 2.73 bits per heavy atom. The van der Waals surface area contributed by atoms with Crippen LogP contribution in [0.4, 0.5) is 0 Å². The number of nitrogens with one attached hydrogen (secondary N) is 1. The summed E-state index contributed by atoms with van der Waals surface area (Å²) >= 11 is 0. The van der Waals surface area contributed by atoms with Gasteiger partial charge in [0.25, 0.3) is 0 Å². The molecule has 0 amide bonds. The Hall–Kier alpha value is -2.29. The standard InChI is InChI=1S/C18H20N4O3S/c1-22-11-16(10-20-22)26(24,25)21-18(13-7-15(23)8-13)14-6-12-4-2-3-5-17(12)19-9-14/h2-6,9-11,13,15,18,21,23H,7-8H2,1H3/t13?,15?,18-/m0/s1. The highest BCUT2D eigenvalue weighted by Crippen LogP contribution is 2.39. The van der Waals surface area contributed by atoms with E-state index < -0.39 is 16.1 Å². The number of aliphatic hydroxyl groups excluding tert-OH is 1. The summed E-state index contributed by atoms with van der Waals surface area (Å²) < 4.78 is 29.8. The lowest BCUT2D eigenvalue weighted by Gasteiger charge is -2.38. The van der Waals surface area contributed by atoms with Crippen LogP contribution in [-0.4, -0.2) is 34.4 Å². The molecule has 0 spiro atoms. The second kappa shape index (κ2) is 6.46. The van der Waals surface area contributed by atoms with Crippen molar-refractivity contribution in [3.05, 3.63) is 54.5 Å². The smallest absolute Gasteiger partial charge is 0.244 e. The van der Waals surface area contributed by atoms with Gasteiger partial charge in [-0.15, -0.1) is 0 Å². The summed E-state index contributed by atoms with van der Waals surface area (Å²) in [5.41, 5.74) is 1.66. The number of aliphatic hydroxyl groups is 1. The number of hydrogen-bond donors (Lipinski definition) is 2. The zero-order chi connectivity index (χ0) is 18.3. The molecule has 0 aliphatic heterocycles. The summed E-state index contributed by atoms with van der Waals surface area (Å²) in [4.78, 5) is 4.58. The van der Waals surface area contributed by atoms with E-state index in [0.29, 0.717) is 12.8 Å². The van der Waals surface area contributed by atoms with Crippen LogP contribution in [0.5, 0.6) is 0 Å². The molecule has 2 aromatic heterocycles. The molecule has 3 aromatic rings. The van der Waals surface area contributed by atoms with Gasteiger partial charge in [0.15, 0.2) is 0 Å². The number of nitrogens with zero attached hydrogens (tertiary/aromatic N) is 3. The Morgan fingerprint density at radius 1 is 1.27 bits per heavy atom. The number of hydrogen-bond acceptors (Lipinski definition) is 5. The minimum Gasteiger partial charge on any atom is -0.393 e. The third kappa shape index (κ3) is 3.23. The average molecular weight is 372 g/mol. The van der Waals surface area contributed by atoms with E-state index in [9.17, 15) is 13.5 Å². The number of sulfonamides is 1. The molecule has 8 heteroatoms. The van der Waals surface area contributed by atoms with E-state index >= 15 is 0 Å². The number of rotatable bonds is 5. The highest BCUT2D eigenvalue weighted by atomic mass is 32.2. The van der Waals surface area contributed by atoms with Gasteiger partial charge >= 0.3 is 0 Å². The number of fused-ring (bicyclic) bond motifs is 1. The summed E-state index contributed by atoms with van der Waals surface area (Å²) in [5.74, 6) is 0.0272. The van der Waals surface area contributed by atoms with Crippen LogP contribution in [0.2, 0.25) is 0 Å². The molecule has 1 aromatic carbocycles. The molecule has 1 saturated carbocycles. The molecular weight excluding hydrogens is 352 g/mol. The Morgan fingerprint density at radius 2 is 2.04 bits per heavy atom. The van der Waals surface area contributed by atoms with Crippen molar-refractivity contribution in [1.29, 1.82) is 0 Å². The minimum absolute atomic E-state index is 0.0272. The van der Waals surface area contributed by atoms with Crippen molar-refractivity contribution in [2.45, 2.75) is 29.9 Å². The zero-order valence-electron chi connectivity index (χ0n) is 14.3. The van der Waals surface area contributed by atoms with Gasteiger partial charge in [0.2, 0.25) is 10.0 Å². The summed E-state index contributed by atoms with van der Waals surface area (Å²) in [6.45, 7) is 0. The lowest BCUT2D eigenvalue weighted by atomic mass is 9.75. The van der Waals surface area contributed by atoms with E-state index in [4.69, 9.17) is 0 Å². The summed E-state index contributed by atoms with van der Waals surface area (Å²) in [7, 11) is -2.05. The average Bonchev–Trinajstić information content (AvgIpc) is 3.04. The monoisotopic (exact) mass is 372 g/mol. The first-order chi connectivity index (χ1) is 12.4. The molecule has 136 valence electrons. The summed E-state index contributed by atoms with van der Waals surface area (Å²) in [5, 5.41) is 14.6. The third-order valence-electron chi connectivity index (χ3n) is 4.87. The van der Waals surface area contributed by atoms with E-state index in [1.165, 1.54) is 17.1 Å². The highest BCUT2D eigenvalue weighted by molar-refractivity contribution is 7.89. The number of benzene rings is 1. The lowest BCUT2D eigenvalue weighted by molar-refractivity contribution is 0.0280. The quantitative estimate of drug-likeness (QED) is 0.711. The Balaban J connectivity index is 1.70. The van der Waals surface area contributed by atoms with E-state index in [2.05, 4.69) is 14.8 Å². The van der Waals surface area contributed by atoms with Crippen molar-refractivity contribution < 1.29 is 13.5 Å². The maximum absolute atomic E-state index is 12.8. The maximum atomic E-state index is 12.8. The first kappa shape index (κ1) is 17.1. The Kier molecular flexibility index (Phi) is 4.26. The molecule has 0 radical (unpaired) electrons. The van der Waals surface area contributed by atoms with Crippen LogP contribution < -0.4 is 4.72 Å². The molecule has 1 aliphatic carbocycles. The number of aromatic nitrogens is 3. The fourth-order valence-electron chi connectivity index (χ4n) is 3.37. The number of para-hydroxylation sites is 1. The second-order valence-corrected chi connectivity index (χ2v) is 8.51. The van der Waals surface area contributed by atoms with Crippen LogP contribution in [0.1, 0.15) is 24.4 Å². The molecule has 1 atom stereocenters. The van der Waals surface area contributed by atoms with E-state index in [-0.39, 0.29) is 16.9 Å². The van der Waals surface area contributed by atoms with E-state index in [1.807, 2.05) is 30.3 Å². The fraction of sp³-hybridized carbons (Fsp3) is 0.333. The molecule has 26 heavy (non-hydrogen) atoms. The van der Waals surface area contributed by atoms with Crippen molar-refractivity contribution in [2.75, 3.05) is 0 Å². The van der Waals surface area contributed by atoms with Crippen molar-refractivity contribution in [3.8, 4) is 0 Å². The molecule has 2 heterocycles. The van der Waals surface area contributed by atoms with Gasteiger partial charge in [-0.05, 0) is 36.5 Å². The van der Waals surface area contributed by atoms with Gasteiger partial charge in [0.05, 0.1) is 23.9 Å². The van der Waals surface area contributed by atoms with Crippen LogP contribution in [-0.2, 0) is 17.1 Å². The van der Waals surface area contributed by atoms with Crippen LogP contribution in [0.3, 0.4) is 0 Å². The summed E-state index contributed by atoms with van der Waals surface area (Å²) in [6, 6.07) is 9.23. The van der Waals surface area contributed by atoms with Crippen LogP contribution in [0, 0.1) is 5.92 Å². The molecular formula is C18H20N4O3S. The van der Waals surface area contributed by atoms with Gasteiger partial charge in [-0.2, -0.15) is 5.10 Å².